The summed E-state index contributed by atoms with van der Waals surface area (Å²) in [6.45, 7) is 4.77. The van der Waals surface area contributed by atoms with E-state index in [-0.39, 0.29) is 6.04 Å². The molecule has 19 heavy (non-hydrogen) atoms. The molecule has 0 aliphatic carbocycles. The Hall–Kier alpha value is -1.26. The van der Waals surface area contributed by atoms with Crippen LogP contribution in [0.3, 0.4) is 0 Å². The molecule has 2 aromatic heterocycles. The number of nitrogens with two attached hydrogens (primary N) is 1. The van der Waals surface area contributed by atoms with Gasteiger partial charge in [0.2, 0.25) is 0 Å². The Morgan fingerprint density at radius 1 is 1.47 bits per heavy atom. The lowest BCUT2D eigenvalue weighted by Crippen LogP contribution is -2.21. The fourth-order valence-electron chi connectivity index (χ4n) is 2.18. The third kappa shape index (κ3) is 3.19. The van der Waals surface area contributed by atoms with Crippen molar-refractivity contribution in [2.24, 2.45) is 12.8 Å². The van der Waals surface area contributed by atoms with Crippen molar-refractivity contribution in [2.75, 3.05) is 0 Å². The summed E-state index contributed by atoms with van der Waals surface area (Å²) in [5, 5.41) is 5.08. The van der Waals surface area contributed by atoms with E-state index in [9.17, 15) is 0 Å². The standard InChI is InChI=1S/C14H21ClN4/c1-4-12(16)7-11-5-6-19(8-11)9-13-14(15)10(2)17-18(13)3/h5-6,8,12H,4,7,9,16H2,1-3H3. The van der Waals surface area contributed by atoms with E-state index in [0.717, 1.165) is 35.8 Å². The summed E-state index contributed by atoms with van der Waals surface area (Å²) >= 11 is 6.26. The first kappa shape index (κ1) is 14.2. The van der Waals surface area contributed by atoms with Crippen LogP contribution in [0.2, 0.25) is 5.02 Å². The predicted molar refractivity (Wildman–Crippen MR) is 78.5 cm³/mol. The van der Waals surface area contributed by atoms with Crippen LogP contribution in [-0.4, -0.2) is 20.4 Å². The minimum Gasteiger partial charge on any atom is -0.348 e. The molecule has 0 aliphatic heterocycles. The first-order chi connectivity index (χ1) is 9.01. The Morgan fingerprint density at radius 2 is 2.21 bits per heavy atom. The van der Waals surface area contributed by atoms with Crippen LogP contribution in [0.25, 0.3) is 0 Å². The van der Waals surface area contributed by atoms with E-state index in [1.54, 1.807) is 0 Å². The summed E-state index contributed by atoms with van der Waals surface area (Å²) in [5.41, 5.74) is 9.15. The molecule has 0 aliphatic rings. The lowest BCUT2D eigenvalue weighted by molar-refractivity contribution is 0.641. The van der Waals surface area contributed by atoms with Crippen LogP contribution < -0.4 is 5.73 Å². The van der Waals surface area contributed by atoms with Gasteiger partial charge in [-0.2, -0.15) is 5.10 Å². The summed E-state index contributed by atoms with van der Waals surface area (Å²) in [7, 11) is 1.92. The van der Waals surface area contributed by atoms with Gasteiger partial charge in [0, 0.05) is 25.5 Å². The molecule has 0 bridgehead atoms. The molecule has 0 saturated heterocycles. The highest BCUT2D eigenvalue weighted by molar-refractivity contribution is 6.31. The van der Waals surface area contributed by atoms with Crippen LogP contribution in [0.5, 0.6) is 0 Å². The summed E-state index contributed by atoms with van der Waals surface area (Å²) in [6, 6.07) is 2.35. The molecule has 104 valence electrons. The number of nitrogens with zero attached hydrogens (tertiary/aromatic N) is 3. The summed E-state index contributed by atoms with van der Waals surface area (Å²) in [5.74, 6) is 0. The Bertz CT molecular complexity index is 556. The molecular weight excluding hydrogens is 260 g/mol. The number of aryl methyl sites for hydroxylation is 2. The molecule has 0 aromatic carbocycles. The average Bonchev–Trinajstić information content (AvgIpc) is 2.90. The molecule has 2 N–H and O–H groups in total. The molecule has 5 heteroatoms. The van der Waals surface area contributed by atoms with E-state index in [4.69, 9.17) is 17.3 Å². The van der Waals surface area contributed by atoms with Crippen molar-refractivity contribution >= 4 is 11.6 Å². The van der Waals surface area contributed by atoms with Gasteiger partial charge in [0.1, 0.15) is 0 Å². The maximum absolute atomic E-state index is 6.26. The largest absolute Gasteiger partial charge is 0.348 e. The van der Waals surface area contributed by atoms with E-state index in [2.05, 4.69) is 35.0 Å². The van der Waals surface area contributed by atoms with Gasteiger partial charge >= 0.3 is 0 Å². The topological polar surface area (TPSA) is 48.8 Å². The Kier molecular flexibility index (Phi) is 4.32. The van der Waals surface area contributed by atoms with Gasteiger partial charge in [-0.3, -0.25) is 4.68 Å². The molecule has 4 nitrogen and oxygen atoms in total. The van der Waals surface area contributed by atoms with Crippen LogP contribution in [0.4, 0.5) is 0 Å². The average molecular weight is 281 g/mol. The van der Waals surface area contributed by atoms with Gasteiger partial charge < -0.3 is 10.3 Å². The zero-order valence-electron chi connectivity index (χ0n) is 11.7. The van der Waals surface area contributed by atoms with Crippen LogP contribution in [0.15, 0.2) is 18.5 Å². The van der Waals surface area contributed by atoms with Crippen molar-refractivity contribution in [3.05, 3.63) is 40.4 Å². The molecule has 0 spiro atoms. The maximum Gasteiger partial charge on any atom is 0.0865 e. The fraction of sp³-hybridized carbons (Fsp3) is 0.500. The number of hydrogen-bond donors (Lipinski definition) is 1. The van der Waals surface area contributed by atoms with Gasteiger partial charge in [-0.25, -0.2) is 0 Å². The second kappa shape index (κ2) is 5.80. The van der Waals surface area contributed by atoms with Gasteiger partial charge in [0.05, 0.1) is 23.0 Å². The SMILES string of the molecule is CCC(N)Cc1ccn(Cc2c(Cl)c(C)nn2C)c1. The van der Waals surface area contributed by atoms with E-state index in [0.29, 0.717) is 0 Å². The summed E-state index contributed by atoms with van der Waals surface area (Å²) in [4.78, 5) is 0. The molecular formula is C14H21ClN4. The molecule has 0 fully saturated rings. The Balaban J connectivity index is 2.11. The molecule has 2 rings (SSSR count). The van der Waals surface area contributed by atoms with Crippen molar-refractivity contribution in [3.8, 4) is 0 Å². The van der Waals surface area contributed by atoms with E-state index in [1.807, 2.05) is 18.7 Å². The van der Waals surface area contributed by atoms with Gasteiger partial charge in [-0.1, -0.05) is 18.5 Å². The van der Waals surface area contributed by atoms with Crippen molar-refractivity contribution in [3.63, 3.8) is 0 Å². The van der Waals surface area contributed by atoms with Gasteiger partial charge in [0.25, 0.3) is 0 Å². The lowest BCUT2D eigenvalue weighted by atomic mass is 10.1. The molecule has 1 atom stereocenters. The van der Waals surface area contributed by atoms with E-state index in [1.165, 1.54) is 5.56 Å². The highest BCUT2D eigenvalue weighted by Gasteiger charge is 2.11. The number of aromatic nitrogens is 3. The number of halogens is 1. The quantitative estimate of drug-likeness (QED) is 0.915. The van der Waals surface area contributed by atoms with Crippen molar-refractivity contribution in [1.29, 1.82) is 0 Å². The van der Waals surface area contributed by atoms with Crippen LogP contribution >= 0.6 is 11.6 Å². The van der Waals surface area contributed by atoms with Crippen LogP contribution in [-0.2, 0) is 20.0 Å². The van der Waals surface area contributed by atoms with Crippen LogP contribution in [0.1, 0.15) is 30.3 Å². The molecule has 1 unspecified atom stereocenters. The first-order valence-corrected chi connectivity index (χ1v) is 6.97. The second-order valence-corrected chi connectivity index (χ2v) is 5.41. The normalized spacial score (nSPS) is 12.9. The van der Waals surface area contributed by atoms with Gasteiger partial charge in [-0.15, -0.1) is 0 Å². The summed E-state index contributed by atoms with van der Waals surface area (Å²) < 4.78 is 3.97. The second-order valence-electron chi connectivity index (χ2n) is 5.03. The van der Waals surface area contributed by atoms with Crippen molar-refractivity contribution in [2.45, 2.75) is 39.3 Å². The number of rotatable bonds is 5. The minimum absolute atomic E-state index is 0.235. The third-order valence-corrected chi connectivity index (χ3v) is 3.92. The zero-order valence-corrected chi connectivity index (χ0v) is 12.5. The third-order valence-electron chi connectivity index (χ3n) is 3.43. The molecule has 0 amide bonds. The van der Waals surface area contributed by atoms with Gasteiger partial charge in [-0.05, 0) is 31.4 Å². The Labute approximate surface area is 119 Å². The summed E-state index contributed by atoms with van der Waals surface area (Å²) in [6.07, 6.45) is 6.12. The fourth-order valence-corrected chi connectivity index (χ4v) is 2.40. The molecule has 0 saturated carbocycles. The molecule has 0 radical (unpaired) electrons. The smallest absolute Gasteiger partial charge is 0.0865 e. The number of hydrogen-bond acceptors (Lipinski definition) is 2. The van der Waals surface area contributed by atoms with E-state index >= 15 is 0 Å². The highest BCUT2D eigenvalue weighted by Crippen LogP contribution is 2.20. The lowest BCUT2D eigenvalue weighted by Gasteiger charge is -2.07. The van der Waals surface area contributed by atoms with Crippen molar-refractivity contribution < 1.29 is 0 Å². The first-order valence-electron chi connectivity index (χ1n) is 6.59. The van der Waals surface area contributed by atoms with Gasteiger partial charge in [0.15, 0.2) is 0 Å². The Morgan fingerprint density at radius 3 is 2.79 bits per heavy atom. The van der Waals surface area contributed by atoms with Crippen LogP contribution in [0, 0.1) is 6.92 Å². The monoisotopic (exact) mass is 280 g/mol. The maximum atomic E-state index is 6.26. The molecule has 2 aromatic rings. The minimum atomic E-state index is 0.235. The molecule has 2 heterocycles. The van der Waals surface area contributed by atoms with E-state index < -0.39 is 0 Å². The zero-order chi connectivity index (χ0) is 14.0. The highest BCUT2D eigenvalue weighted by atomic mass is 35.5. The predicted octanol–water partition coefficient (Wildman–Crippen LogP) is 2.51. The van der Waals surface area contributed by atoms with Crippen molar-refractivity contribution in [1.82, 2.24) is 14.3 Å².